The molecular formula is C16H15N3O2S. The minimum atomic E-state index is -0.421. The van der Waals surface area contributed by atoms with E-state index in [1.807, 2.05) is 26.0 Å². The maximum Gasteiger partial charge on any atom is 0.269 e. The minimum Gasteiger partial charge on any atom is -0.288 e. The van der Waals surface area contributed by atoms with Crippen LogP contribution >= 0.6 is 11.8 Å². The lowest BCUT2D eigenvalue weighted by Gasteiger charge is -2.23. The lowest BCUT2D eigenvalue weighted by Crippen LogP contribution is -2.28. The predicted molar refractivity (Wildman–Crippen MR) is 88.9 cm³/mol. The van der Waals surface area contributed by atoms with Crippen molar-refractivity contribution in [3.63, 3.8) is 0 Å². The first kappa shape index (κ1) is 14.6. The molecule has 1 N–H and O–H groups in total. The van der Waals surface area contributed by atoms with Gasteiger partial charge >= 0.3 is 0 Å². The molecule has 0 spiro atoms. The van der Waals surface area contributed by atoms with Crippen LogP contribution in [0.1, 0.15) is 23.6 Å². The van der Waals surface area contributed by atoms with Crippen LogP contribution < -0.4 is 5.43 Å². The van der Waals surface area contributed by atoms with E-state index in [-0.39, 0.29) is 5.69 Å². The van der Waals surface area contributed by atoms with Gasteiger partial charge in [0.25, 0.3) is 5.69 Å². The fraction of sp³-hybridized carbons (Fsp3) is 0.188. The van der Waals surface area contributed by atoms with E-state index in [4.69, 9.17) is 0 Å². The van der Waals surface area contributed by atoms with Gasteiger partial charge in [-0.1, -0.05) is 41.6 Å². The maximum atomic E-state index is 10.7. The monoisotopic (exact) mass is 313 g/mol. The van der Waals surface area contributed by atoms with E-state index in [9.17, 15) is 10.1 Å². The number of aryl methyl sites for hydroxylation is 1. The Morgan fingerprint density at radius 1 is 1.14 bits per heavy atom. The Kier molecular flexibility index (Phi) is 3.62. The molecule has 0 fully saturated rings. The average Bonchev–Trinajstić information content (AvgIpc) is 2.92. The van der Waals surface area contributed by atoms with Gasteiger partial charge in [0.1, 0.15) is 9.91 Å². The van der Waals surface area contributed by atoms with Crippen molar-refractivity contribution in [1.82, 2.24) is 5.43 Å². The van der Waals surface area contributed by atoms with Crippen molar-refractivity contribution >= 4 is 22.5 Å². The number of hydrogen-bond acceptors (Lipinski definition) is 5. The van der Waals surface area contributed by atoms with Gasteiger partial charge in [0.15, 0.2) is 0 Å². The highest BCUT2D eigenvalue weighted by Gasteiger charge is 2.34. The van der Waals surface area contributed by atoms with Crippen molar-refractivity contribution in [3.8, 4) is 0 Å². The number of rotatable bonds is 3. The third-order valence-electron chi connectivity index (χ3n) is 3.60. The maximum absolute atomic E-state index is 10.7. The summed E-state index contributed by atoms with van der Waals surface area (Å²) in [5, 5.41) is 16.1. The van der Waals surface area contributed by atoms with Crippen LogP contribution in [0.15, 0.2) is 53.6 Å². The van der Waals surface area contributed by atoms with Gasteiger partial charge < -0.3 is 0 Å². The van der Waals surface area contributed by atoms with Crippen molar-refractivity contribution in [2.24, 2.45) is 5.10 Å². The summed E-state index contributed by atoms with van der Waals surface area (Å²) in [5.74, 6) is 0. The lowest BCUT2D eigenvalue weighted by atomic mass is 10.1. The normalized spacial score (nSPS) is 20.4. The van der Waals surface area contributed by atoms with Crippen LogP contribution in [0.3, 0.4) is 0 Å². The Labute approximate surface area is 132 Å². The molecule has 1 atom stereocenters. The Morgan fingerprint density at radius 3 is 2.36 bits per heavy atom. The number of nitrogens with one attached hydrogen (secondary N) is 1. The molecule has 0 radical (unpaired) electrons. The van der Waals surface area contributed by atoms with E-state index in [2.05, 4.69) is 22.7 Å². The molecule has 0 bridgehead atoms. The van der Waals surface area contributed by atoms with Gasteiger partial charge in [-0.3, -0.25) is 15.5 Å². The van der Waals surface area contributed by atoms with Crippen molar-refractivity contribution < 1.29 is 4.92 Å². The number of nitrogens with zero attached hydrogens (tertiary/aromatic N) is 2. The lowest BCUT2D eigenvalue weighted by molar-refractivity contribution is -0.384. The Bertz CT molecular complexity index is 741. The van der Waals surface area contributed by atoms with Crippen molar-refractivity contribution in [1.29, 1.82) is 0 Å². The molecule has 0 aliphatic carbocycles. The summed E-state index contributed by atoms with van der Waals surface area (Å²) < 4.78 is 0. The van der Waals surface area contributed by atoms with Gasteiger partial charge in [-0.25, -0.2) is 0 Å². The molecule has 0 saturated carbocycles. The fourth-order valence-corrected chi connectivity index (χ4v) is 3.32. The minimum absolute atomic E-state index is 0.0926. The number of nitro groups is 1. The zero-order valence-corrected chi connectivity index (χ0v) is 13.1. The van der Waals surface area contributed by atoms with E-state index in [1.54, 1.807) is 23.9 Å². The molecule has 5 nitrogen and oxygen atoms in total. The highest BCUT2D eigenvalue weighted by molar-refractivity contribution is 8.15. The Balaban J connectivity index is 1.82. The summed E-state index contributed by atoms with van der Waals surface area (Å²) in [6.07, 6.45) is 0. The number of hydrazone groups is 1. The van der Waals surface area contributed by atoms with E-state index in [0.29, 0.717) is 0 Å². The molecule has 0 aromatic heterocycles. The summed E-state index contributed by atoms with van der Waals surface area (Å²) >= 11 is 1.61. The van der Waals surface area contributed by atoms with Crippen LogP contribution in [0.5, 0.6) is 0 Å². The van der Waals surface area contributed by atoms with Crippen LogP contribution in [0.2, 0.25) is 0 Å². The summed E-state index contributed by atoms with van der Waals surface area (Å²) in [4.78, 5) is 9.93. The molecule has 3 rings (SSSR count). The predicted octanol–water partition coefficient (Wildman–Crippen LogP) is 3.77. The number of non-ortho nitro benzene ring substituents is 1. The molecule has 0 saturated heterocycles. The number of thioether (sulfide) groups is 1. The molecule has 1 aliphatic heterocycles. The zero-order chi connectivity index (χ0) is 15.7. The SMILES string of the molecule is Cc1ccc(C2=NN[C@@](C)(c3ccc([N+](=O)[O-])cc3)S2)cc1. The molecule has 2 aromatic carbocycles. The van der Waals surface area contributed by atoms with Crippen LogP contribution in [0.25, 0.3) is 0 Å². The Morgan fingerprint density at radius 2 is 1.77 bits per heavy atom. The van der Waals surface area contributed by atoms with Gasteiger partial charge in [0, 0.05) is 17.7 Å². The van der Waals surface area contributed by atoms with E-state index in [0.717, 1.165) is 16.2 Å². The molecule has 112 valence electrons. The van der Waals surface area contributed by atoms with Crippen molar-refractivity contribution in [2.45, 2.75) is 18.7 Å². The van der Waals surface area contributed by atoms with Crippen LogP contribution in [-0.2, 0) is 4.87 Å². The largest absolute Gasteiger partial charge is 0.288 e. The van der Waals surface area contributed by atoms with Crippen LogP contribution in [0, 0.1) is 17.0 Å². The fourth-order valence-electron chi connectivity index (χ4n) is 2.24. The van der Waals surface area contributed by atoms with Crippen LogP contribution in [-0.4, -0.2) is 9.97 Å². The van der Waals surface area contributed by atoms with Gasteiger partial charge in [-0.2, -0.15) is 5.10 Å². The van der Waals surface area contributed by atoms with Gasteiger partial charge in [-0.05, 0) is 31.5 Å². The Hall–Kier alpha value is -2.34. The molecule has 0 amide bonds. The first-order valence-corrected chi connectivity index (χ1v) is 7.65. The molecule has 6 heteroatoms. The quantitative estimate of drug-likeness (QED) is 0.692. The second kappa shape index (κ2) is 5.46. The van der Waals surface area contributed by atoms with E-state index in [1.165, 1.54) is 17.7 Å². The highest BCUT2D eigenvalue weighted by atomic mass is 32.2. The van der Waals surface area contributed by atoms with Gasteiger partial charge in [0.2, 0.25) is 0 Å². The molecule has 0 unspecified atom stereocenters. The summed E-state index contributed by atoms with van der Waals surface area (Å²) in [5.41, 5.74) is 6.46. The van der Waals surface area contributed by atoms with E-state index >= 15 is 0 Å². The molecular weight excluding hydrogens is 298 g/mol. The topological polar surface area (TPSA) is 67.5 Å². The second-order valence-electron chi connectivity index (χ2n) is 5.33. The standard InChI is InChI=1S/C16H15N3O2S/c1-11-3-5-12(6-4-11)15-17-18-16(2,22-15)13-7-9-14(10-8-13)19(20)21/h3-10,18H,1-2H3/t16-/m1/s1. The molecule has 22 heavy (non-hydrogen) atoms. The number of hydrogen-bond donors (Lipinski definition) is 1. The molecule has 2 aromatic rings. The first-order valence-electron chi connectivity index (χ1n) is 6.84. The van der Waals surface area contributed by atoms with Crippen molar-refractivity contribution in [2.75, 3.05) is 0 Å². The third kappa shape index (κ3) is 2.69. The second-order valence-corrected chi connectivity index (χ2v) is 6.74. The summed E-state index contributed by atoms with van der Waals surface area (Å²) in [6, 6.07) is 14.8. The highest BCUT2D eigenvalue weighted by Crippen LogP contribution is 2.40. The van der Waals surface area contributed by atoms with E-state index < -0.39 is 9.79 Å². The average molecular weight is 313 g/mol. The number of benzene rings is 2. The van der Waals surface area contributed by atoms with Crippen LogP contribution in [0.4, 0.5) is 5.69 Å². The number of nitro benzene ring substituents is 1. The third-order valence-corrected chi connectivity index (χ3v) is 4.85. The molecule has 1 heterocycles. The molecule has 1 aliphatic rings. The van der Waals surface area contributed by atoms with Gasteiger partial charge in [-0.15, -0.1) is 0 Å². The first-order chi connectivity index (χ1) is 10.5. The zero-order valence-electron chi connectivity index (χ0n) is 12.2. The van der Waals surface area contributed by atoms with Crippen molar-refractivity contribution in [3.05, 3.63) is 75.3 Å². The smallest absolute Gasteiger partial charge is 0.269 e. The summed E-state index contributed by atoms with van der Waals surface area (Å²) in [6.45, 7) is 4.07. The summed E-state index contributed by atoms with van der Waals surface area (Å²) in [7, 11) is 0. The van der Waals surface area contributed by atoms with Gasteiger partial charge in [0.05, 0.1) is 4.92 Å².